The molecule has 3 heteroatoms. The summed E-state index contributed by atoms with van der Waals surface area (Å²) >= 11 is 0. The summed E-state index contributed by atoms with van der Waals surface area (Å²) in [6.45, 7) is 0.891. The molecule has 0 saturated carbocycles. The molecule has 0 aromatic carbocycles. The predicted octanol–water partition coefficient (Wildman–Crippen LogP) is 1.65. The summed E-state index contributed by atoms with van der Waals surface area (Å²) in [5.41, 5.74) is 0. The summed E-state index contributed by atoms with van der Waals surface area (Å²) in [6.07, 6.45) is 3.75. The van der Waals surface area contributed by atoms with Crippen molar-refractivity contribution < 1.29 is 4.74 Å². The van der Waals surface area contributed by atoms with E-state index in [9.17, 15) is 0 Å². The number of pyridine rings is 1. The molecule has 1 aliphatic rings. The van der Waals surface area contributed by atoms with Crippen LogP contribution in [-0.4, -0.2) is 17.4 Å². The van der Waals surface area contributed by atoms with Crippen LogP contribution in [-0.2, 0) is 0 Å². The molecule has 3 nitrogen and oxygen atoms in total. The van der Waals surface area contributed by atoms with Crippen LogP contribution >= 0.6 is 0 Å². The Kier molecular flexibility index (Phi) is 2.03. The SMILES string of the molecule is c1ccc(OC2=NCCC2)nc1. The Bertz CT molecular complexity index is 282. The maximum absolute atomic E-state index is 5.41. The van der Waals surface area contributed by atoms with Crippen molar-refractivity contribution in [2.75, 3.05) is 6.54 Å². The van der Waals surface area contributed by atoms with Gasteiger partial charge in [-0.1, -0.05) is 6.07 Å². The molecule has 62 valence electrons. The molecule has 0 spiro atoms. The fraction of sp³-hybridized carbons (Fsp3) is 0.333. The topological polar surface area (TPSA) is 34.5 Å². The summed E-state index contributed by atoms with van der Waals surface area (Å²) in [7, 11) is 0. The first-order chi connectivity index (χ1) is 5.95. The molecule has 0 fully saturated rings. The average Bonchev–Trinajstić information content (AvgIpc) is 2.59. The van der Waals surface area contributed by atoms with E-state index in [1.807, 2.05) is 18.2 Å². The van der Waals surface area contributed by atoms with E-state index < -0.39 is 0 Å². The smallest absolute Gasteiger partial charge is 0.220 e. The van der Waals surface area contributed by atoms with Crippen molar-refractivity contribution in [3.05, 3.63) is 24.4 Å². The Morgan fingerprint density at radius 2 is 2.33 bits per heavy atom. The quantitative estimate of drug-likeness (QED) is 0.629. The fourth-order valence-electron chi connectivity index (χ4n) is 1.12. The third-order valence-electron chi connectivity index (χ3n) is 1.70. The molecule has 0 unspecified atom stereocenters. The number of hydrogen-bond donors (Lipinski definition) is 0. The van der Waals surface area contributed by atoms with Crippen molar-refractivity contribution >= 4 is 5.90 Å². The number of nitrogens with zero attached hydrogens (tertiary/aromatic N) is 2. The van der Waals surface area contributed by atoms with Crippen LogP contribution in [0.2, 0.25) is 0 Å². The zero-order valence-corrected chi connectivity index (χ0v) is 6.73. The lowest BCUT2D eigenvalue weighted by Gasteiger charge is -2.01. The van der Waals surface area contributed by atoms with Crippen molar-refractivity contribution in [2.24, 2.45) is 4.99 Å². The highest BCUT2D eigenvalue weighted by Gasteiger charge is 2.07. The summed E-state index contributed by atoms with van der Waals surface area (Å²) in [5.74, 6) is 1.45. The average molecular weight is 162 g/mol. The van der Waals surface area contributed by atoms with Gasteiger partial charge in [0.1, 0.15) is 0 Å². The molecular weight excluding hydrogens is 152 g/mol. The molecule has 0 aliphatic carbocycles. The Morgan fingerprint density at radius 1 is 1.33 bits per heavy atom. The van der Waals surface area contributed by atoms with Crippen molar-refractivity contribution in [1.29, 1.82) is 0 Å². The van der Waals surface area contributed by atoms with Crippen molar-refractivity contribution in [3.8, 4) is 5.88 Å². The van der Waals surface area contributed by atoms with Crippen LogP contribution in [0.25, 0.3) is 0 Å². The van der Waals surface area contributed by atoms with Gasteiger partial charge >= 0.3 is 0 Å². The first-order valence-electron chi connectivity index (χ1n) is 4.07. The minimum atomic E-state index is 0.637. The second-order valence-electron chi connectivity index (χ2n) is 2.65. The molecule has 0 amide bonds. The monoisotopic (exact) mass is 162 g/mol. The molecule has 2 heterocycles. The summed E-state index contributed by atoms with van der Waals surface area (Å²) < 4.78 is 5.41. The molecule has 1 aromatic heterocycles. The van der Waals surface area contributed by atoms with E-state index >= 15 is 0 Å². The lowest BCUT2D eigenvalue weighted by molar-refractivity contribution is 0.517. The predicted molar refractivity (Wildman–Crippen MR) is 46.4 cm³/mol. The van der Waals surface area contributed by atoms with E-state index in [0.717, 1.165) is 25.3 Å². The van der Waals surface area contributed by atoms with Gasteiger partial charge in [0.05, 0.1) is 0 Å². The van der Waals surface area contributed by atoms with E-state index in [2.05, 4.69) is 9.98 Å². The number of rotatable bonds is 1. The zero-order valence-electron chi connectivity index (χ0n) is 6.73. The van der Waals surface area contributed by atoms with Gasteiger partial charge in [-0.25, -0.2) is 4.98 Å². The Labute approximate surface area is 71.1 Å². The van der Waals surface area contributed by atoms with Crippen LogP contribution in [0.15, 0.2) is 29.4 Å². The van der Waals surface area contributed by atoms with Gasteiger partial charge in [0.15, 0.2) is 5.90 Å². The van der Waals surface area contributed by atoms with E-state index in [-0.39, 0.29) is 0 Å². The Hall–Kier alpha value is -1.38. The highest BCUT2D eigenvalue weighted by Crippen LogP contribution is 2.10. The molecule has 2 rings (SSSR count). The minimum Gasteiger partial charge on any atom is -0.425 e. The third-order valence-corrected chi connectivity index (χ3v) is 1.70. The summed E-state index contributed by atoms with van der Waals surface area (Å²) in [5, 5.41) is 0. The van der Waals surface area contributed by atoms with Crippen LogP contribution in [0.3, 0.4) is 0 Å². The standard InChI is InChI=1S/C9H10N2O/c1-2-6-10-8(4-1)12-9-5-3-7-11-9/h1-2,4,6H,3,5,7H2. The van der Waals surface area contributed by atoms with E-state index in [1.54, 1.807) is 6.20 Å². The fourth-order valence-corrected chi connectivity index (χ4v) is 1.12. The number of aromatic nitrogens is 1. The van der Waals surface area contributed by atoms with Crippen LogP contribution in [0.1, 0.15) is 12.8 Å². The minimum absolute atomic E-state index is 0.637. The second-order valence-corrected chi connectivity index (χ2v) is 2.65. The lowest BCUT2D eigenvalue weighted by Crippen LogP contribution is -2.04. The van der Waals surface area contributed by atoms with Gasteiger partial charge in [-0.15, -0.1) is 0 Å². The van der Waals surface area contributed by atoms with Crippen molar-refractivity contribution in [2.45, 2.75) is 12.8 Å². The van der Waals surface area contributed by atoms with Gasteiger partial charge in [-0.05, 0) is 12.5 Å². The van der Waals surface area contributed by atoms with Crippen LogP contribution in [0, 0.1) is 0 Å². The summed E-state index contributed by atoms with van der Waals surface area (Å²) in [6, 6.07) is 5.60. The van der Waals surface area contributed by atoms with Crippen molar-refractivity contribution in [3.63, 3.8) is 0 Å². The van der Waals surface area contributed by atoms with E-state index in [0.29, 0.717) is 5.88 Å². The molecule has 1 aromatic rings. The van der Waals surface area contributed by atoms with Gasteiger partial charge < -0.3 is 4.74 Å². The zero-order chi connectivity index (χ0) is 8.23. The molecule has 0 atom stereocenters. The van der Waals surface area contributed by atoms with Gasteiger partial charge in [-0.2, -0.15) is 0 Å². The van der Waals surface area contributed by atoms with Crippen LogP contribution < -0.4 is 4.74 Å². The van der Waals surface area contributed by atoms with Gasteiger partial charge in [-0.3, -0.25) is 4.99 Å². The number of hydrogen-bond acceptors (Lipinski definition) is 3. The molecule has 0 bridgehead atoms. The molecule has 12 heavy (non-hydrogen) atoms. The Morgan fingerprint density at radius 3 is 3.00 bits per heavy atom. The number of ether oxygens (including phenoxy) is 1. The second kappa shape index (κ2) is 3.34. The van der Waals surface area contributed by atoms with E-state index in [4.69, 9.17) is 4.74 Å². The molecular formula is C9H10N2O. The van der Waals surface area contributed by atoms with Crippen LogP contribution in [0.5, 0.6) is 5.88 Å². The first-order valence-corrected chi connectivity index (χ1v) is 4.07. The van der Waals surface area contributed by atoms with Gasteiger partial charge in [0.25, 0.3) is 0 Å². The van der Waals surface area contributed by atoms with E-state index in [1.165, 1.54) is 0 Å². The van der Waals surface area contributed by atoms with Crippen LogP contribution in [0.4, 0.5) is 0 Å². The lowest BCUT2D eigenvalue weighted by atomic mass is 10.4. The normalized spacial score (nSPS) is 15.8. The highest BCUT2D eigenvalue weighted by molar-refractivity contribution is 5.79. The maximum atomic E-state index is 5.41. The Balaban J connectivity index is 2.04. The van der Waals surface area contributed by atoms with Gasteiger partial charge in [0.2, 0.25) is 5.88 Å². The third kappa shape index (κ3) is 1.61. The molecule has 0 radical (unpaired) electrons. The molecule has 0 saturated heterocycles. The number of aliphatic imine (C=N–C) groups is 1. The largest absolute Gasteiger partial charge is 0.425 e. The maximum Gasteiger partial charge on any atom is 0.220 e. The first kappa shape index (κ1) is 7.28. The highest BCUT2D eigenvalue weighted by atomic mass is 16.5. The van der Waals surface area contributed by atoms with Gasteiger partial charge in [0, 0.05) is 25.2 Å². The molecule has 1 aliphatic heterocycles. The van der Waals surface area contributed by atoms with Crippen molar-refractivity contribution in [1.82, 2.24) is 4.98 Å². The molecule has 0 N–H and O–H groups in total. The summed E-state index contributed by atoms with van der Waals surface area (Å²) in [4.78, 5) is 8.22.